The molecule has 0 fully saturated rings. The smallest absolute Gasteiger partial charge is 0.305 e. The van der Waals surface area contributed by atoms with Crippen LogP contribution in [0.25, 0.3) is 0 Å². The Bertz CT molecular complexity index is 843. The fourth-order valence-corrected chi connectivity index (χ4v) is 7.02. The molecule has 6 heteroatoms. The summed E-state index contributed by atoms with van der Waals surface area (Å²) in [6.07, 6.45) is 50.2. The van der Waals surface area contributed by atoms with Crippen LogP contribution < -0.4 is 5.32 Å². The van der Waals surface area contributed by atoms with Gasteiger partial charge in [0.05, 0.1) is 25.4 Å². The standard InChI is InChI=1S/C48H91NO5/c1-3-5-7-9-11-13-15-16-17-18-21-24-28-32-36-40-46(51)45(44-50)49-47(52)41-37-33-29-25-22-19-23-27-31-35-39-43-54-48(53)42-38-34-30-26-20-14-12-10-8-6-4-2/h10,12,36,40,45-46,50-51H,3-9,11,13-35,37-39,41-44H2,1-2H3,(H,49,52)/b12-10-,40-36+. The SMILES string of the molecule is CCCC/C=C\CCCCCCCC(=O)OCCCCCCCCCCCCCC(=O)NC(CO)C(O)/C=C/CCCCCCCCCCCCCCC. The van der Waals surface area contributed by atoms with Crippen molar-refractivity contribution in [3.63, 3.8) is 0 Å². The van der Waals surface area contributed by atoms with Crippen molar-refractivity contribution in [1.29, 1.82) is 0 Å². The molecule has 0 bridgehead atoms. The maximum absolute atomic E-state index is 12.4. The Morgan fingerprint density at radius 3 is 1.37 bits per heavy atom. The summed E-state index contributed by atoms with van der Waals surface area (Å²) in [6, 6.07) is -0.641. The summed E-state index contributed by atoms with van der Waals surface area (Å²) in [4.78, 5) is 24.4. The van der Waals surface area contributed by atoms with Gasteiger partial charge >= 0.3 is 5.97 Å². The molecule has 6 nitrogen and oxygen atoms in total. The third kappa shape index (κ3) is 40.0. The first-order valence-corrected chi connectivity index (χ1v) is 23.6. The number of carbonyl (C=O) groups excluding carboxylic acids is 2. The lowest BCUT2D eigenvalue weighted by atomic mass is 10.0. The van der Waals surface area contributed by atoms with E-state index in [1.807, 2.05) is 6.08 Å². The van der Waals surface area contributed by atoms with E-state index in [4.69, 9.17) is 4.74 Å². The first kappa shape index (κ1) is 52.3. The zero-order valence-electron chi connectivity index (χ0n) is 36.0. The predicted molar refractivity (Wildman–Crippen MR) is 232 cm³/mol. The number of hydrogen-bond donors (Lipinski definition) is 3. The van der Waals surface area contributed by atoms with E-state index in [9.17, 15) is 19.8 Å². The van der Waals surface area contributed by atoms with Crippen molar-refractivity contribution in [1.82, 2.24) is 5.32 Å². The number of hydrogen-bond acceptors (Lipinski definition) is 5. The quantitative estimate of drug-likeness (QED) is 0.0327. The normalized spacial score (nSPS) is 12.9. The molecular formula is C48H91NO5. The van der Waals surface area contributed by atoms with Gasteiger partial charge in [0.25, 0.3) is 0 Å². The highest BCUT2D eigenvalue weighted by Gasteiger charge is 2.18. The molecule has 1 amide bonds. The van der Waals surface area contributed by atoms with Crippen LogP contribution in [-0.4, -0.2) is 47.4 Å². The van der Waals surface area contributed by atoms with Gasteiger partial charge in [-0.1, -0.05) is 205 Å². The van der Waals surface area contributed by atoms with Crippen LogP contribution in [0, 0.1) is 0 Å². The summed E-state index contributed by atoms with van der Waals surface area (Å²) < 4.78 is 5.42. The number of allylic oxidation sites excluding steroid dienone is 3. The zero-order chi connectivity index (χ0) is 39.4. The average Bonchev–Trinajstić information content (AvgIpc) is 3.17. The largest absolute Gasteiger partial charge is 0.466 e. The maximum atomic E-state index is 12.4. The third-order valence-corrected chi connectivity index (χ3v) is 10.7. The van der Waals surface area contributed by atoms with E-state index < -0.39 is 12.1 Å². The molecule has 0 radical (unpaired) electrons. The van der Waals surface area contributed by atoms with E-state index in [0.29, 0.717) is 19.4 Å². The van der Waals surface area contributed by atoms with Crippen molar-refractivity contribution in [3.8, 4) is 0 Å². The van der Waals surface area contributed by atoms with E-state index >= 15 is 0 Å². The van der Waals surface area contributed by atoms with Gasteiger partial charge in [-0.2, -0.15) is 0 Å². The molecule has 0 spiro atoms. The van der Waals surface area contributed by atoms with Crippen molar-refractivity contribution in [2.45, 2.75) is 257 Å². The van der Waals surface area contributed by atoms with Crippen LogP contribution in [0.3, 0.4) is 0 Å². The second kappa shape index (κ2) is 44.1. The second-order valence-corrected chi connectivity index (χ2v) is 16.1. The maximum Gasteiger partial charge on any atom is 0.305 e. The van der Waals surface area contributed by atoms with Crippen LogP contribution in [0.1, 0.15) is 245 Å². The molecule has 0 heterocycles. The molecule has 0 aromatic rings. The number of ether oxygens (including phenoxy) is 1. The van der Waals surface area contributed by atoms with Crippen LogP contribution in [0.4, 0.5) is 0 Å². The van der Waals surface area contributed by atoms with Gasteiger partial charge in [0.1, 0.15) is 0 Å². The highest BCUT2D eigenvalue weighted by atomic mass is 16.5. The Kier molecular flexibility index (Phi) is 42.7. The molecule has 2 atom stereocenters. The number of unbranched alkanes of at least 4 members (excludes halogenated alkanes) is 30. The lowest BCUT2D eigenvalue weighted by Crippen LogP contribution is -2.45. The monoisotopic (exact) mass is 762 g/mol. The number of aliphatic hydroxyl groups excluding tert-OH is 2. The topological polar surface area (TPSA) is 95.9 Å². The van der Waals surface area contributed by atoms with E-state index in [-0.39, 0.29) is 18.5 Å². The Balaban J connectivity index is 3.53. The van der Waals surface area contributed by atoms with Crippen LogP contribution >= 0.6 is 0 Å². The fraction of sp³-hybridized carbons (Fsp3) is 0.875. The van der Waals surface area contributed by atoms with Gasteiger partial charge in [0, 0.05) is 12.8 Å². The van der Waals surface area contributed by atoms with Crippen molar-refractivity contribution in [2.24, 2.45) is 0 Å². The average molecular weight is 762 g/mol. The molecule has 3 N–H and O–H groups in total. The number of esters is 1. The van der Waals surface area contributed by atoms with Gasteiger partial charge in [-0.05, 0) is 51.4 Å². The zero-order valence-corrected chi connectivity index (χ0v) is 36.0. The lowest BCUT2D eigenvalue weighted by Gasteiger charge is -2.20. The summed E-state index contributed by atoms with van der Waals surface area (Å²) in [5.74, 6) is -0.115. The molecule has 0 aromatic carbocycles. The number of carbonyl (C=O) groups is 2. The molecule has 0 saturated heterocycles. The Morgan fingerprint density at radius 1 is 0.500 bits per heavy atom. The van der Waals surface area contributed by atoms with Gasteiger partial charge in [-0.25, -0.2) is 0 Å². The molecule has 318 valence electrons. The highest BCUT2D eigenvalue weighted by molar-refractivity contribution is 5.76. The summed E-state index contributed by atoms with van der Waals surface area (Å²) >= 11 is 0. The molecule has 0 aliphatic rings. The van der Waals surface area contributed by atoms with Gasteiger partial charge in [-0.3, -0.25) is 9.59 Å². The van der Waals surface area contributed by atoms with Crippen LogP contribution in [0.2, 0.25) is 0 Å². The molecule has 2 unspecified atom stereocenters. The van der Waals surface area contributed by atoms with Crippen molar-refractivity contribution >= 4 is 11.9 Å². The van der Waals surface area contributed by atoms with E-state index in [1.165, 1.54) is 161 Å². The van der Waals surface area contributed by atoms with Crippen LogP contribution in [-0.2, 0) is 14.3 Å². The Hall–Kier alpha value is -1.66. The predicted octanol–water partition coefficient (Wildman–Crippen LogP) is 13.6. The molecule has 0 aliphatic carbocycles. The number of amides is 1. The fourth-order valence-electron chi connectivity index (χ4n) is 7.02. The lowest BCUT2D eigenvalue weighted by molar-refractivity contribution is -0.143. The second-order valence-electron chi connectivity index (χ2n) is 16.1. The minimum Gasteiger partial charge on any atom is -0.466 e. The Morgan fingerprint density at radius 2 is 0.889 bits per heavy atom. The van der Waals surface area contributed by atoms with E-state index in [1.54, 1.807) is 6.08 Å². The summed E-state index contributed by atoms with van der Waals surface area (Å²) in [5, 5.41) is 23.0. The summed E-state index contributed by atoms with van der Waals surface area (Å²) in [7, 11) is 0. The van der Waals surface area contributed by atoms with E-state index in [2.05, 4.69) is 31.3 Å². The molecule has 0 saturated carbocycles. The number of rotatable bonds is 43. The third-order valence-electron chi connectivity index (χ3n) is 10.7. The van der Waals surface area contributed by atoms with Gasteiger partial charge in [0.2, 0.25) is 5.91 Å². The van der Waals surface area contributed by atoms with Gasteiger partial charge in [-0.15, -0.1) is 0 Å². The minimum absolute atomic E-state index is 0.0270. The van der Waals surface area contributed by atoms with E-state index in [0.717, 1.165) is 57.8 Å². The van der Waals surface area contributed by atoms with Gasteiger partial charge in [0.15, 0.2) is 0 Å². The molecule has 54 heavy (non-hydrogen) atoms. The molecule has 0 rings (SSSR count). The first-order chi connectivity index (χ1) is 26.5. The molecular weight excluding hydrogens is 671 g/mol. The molecule has 0 aliphatic heterocycles. The minimum atomic E-state index is -0.856. The van der Waals surface area contributed by atoms with Crippen molar-refractivity contribution in [2.75, 3.05) is 13.2 Å². The molecule has 0 aromatic heterocycles. The van der Waals surface area contributed by atoms with Crippen LogP contribution in [0.5, 0.6) is 0 Å². The Labute approximate surface area is 335 Å². The summed E-state index contributed by atoms with van der Waals surface area (Å²) in [5.41, 5.74) is 0. The van der Waals surface area contributed by atoms with Crippen molar-refractivity contribution in [3.05, 3.63) is 24.3 Å². The number of aliphatic hydroxyl groups is 2. The van der Waals surface area contributed by atoms with Gasteiger partial charge < -0.3 is 20.3 Å². The first-order valence-electron chi connectivity index (χ1n) is 23.6. The van der Waals surface area contributed by atoms with Crippen LogP contribution in [0.15, 0.2) is 24.3 Å². The highest BCUT2D eigenvalue weighted by Crippen LogP contribution is 2.15. The number of nitrogens with one attached hydrogen (secondary N) is 1. The summed E-state index contributed by atoms with van der Waals surface area (Å²) in [6.45, 7) is 4.81. The van der Waals surface area contributed by atoms with Crippen molar-refractivity contribution < 1.29 is 24.5 Å².